The fourth-order valence-electron chi connectivity index (χ4n) is 1.85. The standard InChI is InChI=1S/C16H18O3S/c1-16(2,3)12-4-6-13(7-5-12)20-10-11-8-9-19-14(11)15(17)18/h4-9H,10H2,1-3H3,(H,17,18). The van der Waals surface area contributed by atoms with Gasteiger partial charge in [-0.05, 0) is 29.2 Å². The fraction of sp³-hybridized carbons (Fsp3) is 0.312. The van der Waals surface area contributed by atoms with Crippen LogP contribution in [0.4, 0.5) is 0 Å². The molecule has 1 aromatic carbocycles. The third-order valence-corrected chi connectivity index (χ3v) is 4.12. The van der Waals surface area contributed by atoms with Crippen LogP contribution >= 0.6 is 11.8 Å². The lowest BCUT2D eigenvalue weighted by Gasteiger charge is -2.19. The Hall–Kier alpha value is -1.68. The Morgan fingerprint density at radius 2 is 1.85 bits per heavy atom. The van der Waals surface area contributed by atoms with E-state index in [-0.39, 0.29) is 11.2 Å². The Balaban J connectivity index is 2.04. The zero-order valence-electron chi connectivity index (χ0n) is 11.8. The van der Waals surface area contributed by atoms with Gasteiger partial charge in [0.15, 0.2) is 0 Å². The lowest BCUT2D eigenvalue weighted by Crippen LogP contribution is -2.10. The summed E-state index contributed by atoms with van der Waals surface area (Å²) < 4.78 is 4.97. The van der Waals surface area contributed by atoms with E-state index in [2.05, 4.69) is 45.0 Å². The van der Waals surface area contributed by atoms with Crippen LogP contribution in [0.15, 0.2) is 45.9 Å². The Kier molecular flexibility index (Phi) is 4.23. The molecule has 3 nitrogen and oxygen atoms in total. The highest BCUT2D eigenvalue weighted by Gasteiger charge is 2.15. The first-order valence-corrected chi connectivity index (χ1v) is 7.39. The molecule has 0 spiro atoms. The molecule has 0 fully saturated rings. The van der Waals surface area contributed by atoms with Crippen LogP contribution in [0.3, 0.4) is 0 Å². The topological polar surface area (TPSA) is 50.4 Å². The van der Waals surface area contributed by atoms with Crippen molar-refractivity contribution < 1.29 is 14.3 Å². The first-order chi connectivity index (χ1) is 9.38. The van der Waals surface area contributed by atoms with Crippen molar-refractivity contribution in [1.29, 1.82) is 0 Å². The molecule has 0 aliphatic heterocycles. The van der Waals surface area contributed by atoms with Crippen molar-refractivity contribution in [2.75, 3.05) is 0 Å². The Morgan fingerprint density at radius 1 is 1.20 bits per heavy atom. The van der Waals surface area contributed by atoms with Crippen molar-refractivity contribution in [2.24, 2.45) is 0 Å². The summed E-state index contributed by atoms with van der Waals surface area (Å²) in [5.74, 6) is -0.398. The van der Waals surface area contributed by atoms with E-state index in [0.717, 1.165) is 4.90 Å². The van der Waals surface area contributed by atoms with Crippen molar-refractivity contribution in [3.63, 3.8) is 0 Å². The molecule has 0 unspecified atom stereocenters. The summed E-state index contributed by atoms with van der Waals surface area (Å²) in [5, 5.41) is 8.97. The van der Waals surface area contributed by atoms with Gasteiger partial charge in [-0.15, -0.1) is 11.8 Å². The molecule has 2 aromatic rings. The predicted octanol–water partition coefficient (Wildman–Crippen LogP) is 4.57. The fourth-order valence-corrected chi connectivity index (χ4v) is 2.73. The minimum atomic E-state index is -1.02. The van der Waals surface area contributed by atoms with Crippen molar-refractivity contribution in [3.8, 4) is 0 Å². The number of hydrogen-bond donors (Lipinski definition) is 1. The highest BCUT2D eigenvalue weighted by Crippen LogP contribution is 2.28. The van der Waals surface area contributed by atoms with Gasteiger partial charge < -0.3 is 9.52 Å². The smallest absolute Gasteiger partial charge is 0.372 e. The number of aromatic carboxylic acids is 1. The van der Waals surface area contributed by atoms with Gasteiger partial charge in [0.25, 0.3) is 0 Å². The summed E-state index contributed by atoms with van der Waals surface area (Å²) in [6.45, 7) is 6.54. The number of rotatable bonds is 4. The molecule has 20 heavy (non-hydrogen) atoms. The molecule has 1 heterocycles. The van der Waals surface area contributed by atoms with Crippen LogP contribution in [-0.4, -0.2) is 11.1 Å². The molecule has 0 aliphatic carbocycles. The molecule has 1 N–H and O–H groups in total. The van der Waals surface area contributed by atoms with Crippen LogP contribution in [0.25, 0.3) is 0 Å². The van der Waals surface area contributed by atoms with Gasteiger partial charge in [0.2, 0.25) is 5.76 Å². The molecule has 2 rings (SSSR count). The number of furan rings is 1. The van der Waals surface area contributed by atoms with E-state index in [1.54, 1.807) is 17.8 Å². The van der Waals surface area contributed by atoms with E-state index < -0.39 is 5.97 Å². The molecule has 0 atom stereocenters. The van der Waals surface area contributed by atoms with Crippen LogP contribution in [0.2, 0.25) is 0 Å². The molecule has 0 aliphatic rings. The molecule has 0 radical (unpaired) electrons. The quantitative estimate of drug-likeness (QED) is 0.838. The Morgan fingerprint density at radius 3 is 2.40 bits per heavy atom. The molecule has 106 valence electrons. The maximum Gasteiger partial charge on any atom is 0.372 e. The SMILES string of the molecule is CC(C)(C)c1ccc(SCc2ccoc2C(=O)O)cc1. The van der Waals surface area contributed by atoms with Gasteiger partial charge in [-0.3, -0.25) is 0 Å². The summed E-state index contributed by atoms with van der Waals surface area (Å²) in [4.78, 5) is 12.1. The monoisotopic (exact) mass is 290 g/mol. The van der Waals surface area contributed by atoms with Gasteiger partial charge in [-0.25, -0.2) is 4.79 Å². The summed E-state index contributed by atoms with van der Waals surface area (Å²) in [6.07, 6.45) is 1.42. The second-order valence-electron chi connectivity index (χ2n) is 5.64. The largest absolute Gasteiger partial charge is 0.475 e. The molecule has 0 bridgehead atoms. The highest BCUT2D eigenvalue weighted by atomic mass is 32.2. The Labute approximate surface area is 123 Å². The van der Waals surface area contributed by atoms with Gasteiger partial charge >= 0.3 is 5.97 Å². The molecule has 0 saturated heterocycles. The zero-order valence-corrected chi connectivity index (χ0v) is 12.7. The van der Waals surface area contributed by atoms with E-state index in [0.29, 0.717) is 11.3 Å². The lowest BCUT2D eigenvalue weighted by molar-refractivity contribution is 0.0661. The second kappa shape index (κ2) is 5.75. The maximum atomic E-state index is 10.9. The minimum Gasteiger partial charge on any atom is -0.475 e. The van der Waals surface area contributed by atoms with Crippen LogP contribution in [0.1, 0.15) is 42.5 Å². The molecule has 1 aromatic heterocycles. The number of hydrogen-bond acceptors (Lipinski definition) is 3. The molecule has 0 amide bonds. The maximum absolute atomic E-state index is 10.9. The predicted molar refractivity (Wildman–Crippen MR) is 80.4 cm³/mol. The van der Waals surface area contributed by atoms with Gasteiger partial charge in [-0.2, -0.15) is 0 Å². The second-order valence-corrected chi connectivity index (χ2v) is 6.69. The van der Waals surface area contributed by atoms with Crippen molar-refractivity contribution in [1.82, 2.24) is 0 Å². The van der Waals surface area contributed by atoms with Crippen molar-refractivity contribution >= 4 is 17.7 Å². The average molecular weight is 290 g/mol. The van der Waals surface area contributed by atoms with Crippen LogP contribution < -0.4 is 0 Å². The minimum absolute atomic E-state index is 0.0313. The van der Waals surface area contributed by atoms with Gasteiger partial charge in [0.05, 0.1) is 6.26 Å². The van der Waals surface area contributed by atoms with Crippen molar-refractivity contribution in [3.05, 3.63) is 53.5 Å². The average Bonchev–Trinajstić information content (AvgIpc) is 2.84. The van der Waals surface area contributed by atoms with Crippen LogP contribution in [-0.2, 0) is 11.2 Å². The lowest BCUT2D eigenvalue weighted by atomic mass is 9.87. The first-order valence-electron chi connectivity index (χ1n) is 6.41. The molecular weight excluding hydrogens is 272 g/mol. The third-order valence-electron chi connectivity index (χ3n) is 3.06. The highest BCUT2D eigenvalue weighted by molar-refractivity contribution is 7.98. The van der Waals surface area contributed by atoms with Gasteiger partial charge in [-0.1, -0.05) is 32.9 Å². The third kappa shape index (κ3) is 3.45. The number of carboxylic acid groups (broad SMARTS) is 1. The summed E-state index contributed by atoms with van der Waals surface area (Å²) in [6, 6.07) is 10.1. The van der Waals surface area contributed by atoms with E-state index in [1.165, 1.54) is 11.8 Å². The van der Waals surface area contributed by atoms with E-state index >= 15 is 0 Å². The molecule has 0 saturated carbocycles. The van der Waals surface area contributed by atoms with Gasteiger partial charge in [0.1, 0.15) is 0 Å². The summed E-state index contributed by atoms with van der Waals surface area (Å²) in [5.41, 5.74) is 2.14. The van der Waals surface area contributed by atoms with E-state index in [4.69, 9.17) is 9.52 Å². The molecule has 4 heteroatoms. The Bertz CT molecular complexity index is 591. The van der Waals surface area contributed by atoms with Crippen LogP contribution in [0.5, 0.6) is 0 Å². The molecular formula is C16H18O3S. The zero-order chi connectivity index (χ0) is 14.8. The normalized spacial score (nSPS) is 11.6. The number of benzene rings is 1. The number of thioether (sulfide) groups is 1. The summed E-state index contributed by atoms with van der Waals surface area (Å²) >= 11 is 1.61. The van der Waals surface area contributed by atoms with Crippen molar-refractivity contribution in [2.45, 2.75) is 36.8 Å². The first kappa shape index (κ1) is 14.7. The van der Waals surface area contributed by atoms with Crippen LogP contribution in [0, 0.1) is 0 Å². The van der Waals surface area contributed by atoms with Gasteiger partial charge in [0, 0.05) is 16.2 Å². The van der Waals surface area contributed by atoms with E-state index in [1.807, 2.05) is 0 Å². The summed E-state index contributed by atoms with van der Waals surface area (Å²) in [7, 11) is 0. The number of carbonyl (C=O) groups is 1. The number of carboxylic acids is 1. The van der Waals surface area contributed by atoms with E-state index in [9.17, 15) is 4.79 Å².